The van der Waals surface area contributed by atoms with Gasteiger partial charge in [-0.25, -0.2) is 4.57 Å². The van der Waals surface area contributed by atoms with Gasteiger partial charge in [0.05, 0.1) is 0 Å². The average molecular weight is 168 g/mol. The van der Waals surface area contributed by atoms with Crippen LogP contribution in [0.25, 0.3) is 0 Å². The number of hydrogen-bond donors (Lipinski definition) is 1. The van der Waals surface area contributed by atoms with Gasteiger partial charge in [-0.05, 0) is 5.56 Å². The van der Waals surface area contributed by atoms with E-state index in [2.05, 4.69) is 50.2 Å². The largest absolute Gasteiger partial charge is 0.203 e. The van der Waals surface area contributed by atoms with E-state index >= 15 is 0 Å². The van der Waals surface area contributed by atoms with Crippen LogP contribution in [0.2, 0.25) is 0 Å². The minimum Gasteiger partial charge on any atom is -0.203 e. The second kappa shape index (κ2) is 3.26. The fourth-order valence-electron chi connectivity index (χ4n) is 1.14. The van der Waals surface area contributed by atoms with E-state index in [1.54, 1.807) is 0 Å². The topological polar surface area (TPSA) is 3.88 Å². The molecule has 1 heterocycles. The monoisotopic (exact) mass is 168 g/mol. The Labute approximate surface area is 73.5 Å². The summed E-state index contributed by atoms with van der Waals surface area (Å²) < 4.78 is 2.17. The van der Waals surface area contributed by atoms with Crippen molar-refractivity contribution in [2.24, 2.45) is 7.05 Å². The van der Waals surface area contributed by atoms with E-state index < -0.39 is 0 Å². The third-order valence-electron chi connectivity index (χ3n) is 2.03. The molecule has 0 spiro atoms. The first-order chi connectivity index (χ1) is 5.15. The molecule has 0 N–H and O–H groups in total. The van der Waals surface area contributed by atoms with E-state index in [-0.39, 0.29) is 0 Å². The molecule has 0 saturated carbocycles. The van der Waals surface area contributed by atoms with Crippen molar-refractivity contribution in [2.75, 3.05) is 0 Å². The van der Waals surface area contributed by atoms with E-state index in [9.17, 15) is 0 Å². The highest BCUT2D eigenvalue weighted by Gasteiger charge is 2.05. The zero-order chi connectivity index (χ0) is 8.43. The summed E-state index contributed by atoms with van der Waals surface area (Å²) in [5, 5.41) is 0. The van der Waals surface area contributed by atoms with Crippen molar-refractivity contribution in [3.05, 3.63) is 29.1 Å². The molecule has 1 aromatic heterocycles. The third-order valence-corrected chi connectivity index (χ3v) is 2.39. The number of thiol groups is 1. The predicted molar refractivity (Wildman–Crippen MR) is 49.8 cm³/mol. The van der Waals surface area contributed by atoms with Gasteiger partial charge in [0, 0.05) is 31.7 Å². The highest BCUT2D eigenvalue weighted by molar-refractivity contribution is 7.79. The molecule has 1 aromatic rings. The first kappa shape index (κ1) is 8.60. The van der Waals surface area contributed by atoms with Gasteiger partial charge in [0.1, 0.15) is 7.05 Å². The van der Waals surface area contributed by atoms with Crippen molar-refractivity contribution in [1.29, 1.82) is 0 Å². The van der Waals surface area contributed by atoms with E-state index in [0.29, 0.717) is 0 Å². The maximum absolute atomic E-state index is 4.23. The van der Waals surface area contributed by atoms with Crippen LogP contribution in [0, 0.1) is 13.8 Å². The Balaban J connectivity index is 3.21. The number of aromatic nitrogens is 1. The fraction of sp³-hybridized carbons (Fsp3) is 0.444. The molecule has 0 aromatic carbocycles. The first-order valence-electron chi connectivity index (χ1n) is 3.72. The highest BCUT2D eigenvalue weighted by atomic mass is 32.1. The molecule has 0 radical (unpaired) electrons. The Bertz CT molecular complexity index is 245. The van der Waals surface area contributed by atoms with Gasteiger partial charge in [0.2, 0.25) is 0 Å². The first-order valence-corrected chi connectivity index (χ1v) is 4.35. The maximum atomic E-state index is 4.23. The molecule has 0 aliphatic carbocycles. The summed E-state index contributed by atoms with van der Waals surface area (Å²) in [5.41, 5.74) is 3.87. The molecule has 0 atom stereocenters. The molecule has 0 unspecified atom stereocenters. The summed E-state index contributed by atoms with van der Waals surface area (Å²) in [7, 11) is 2.08. The van der Waals surface area contributed by atoms with Gasteiger partial charge in [0.15, 0.2) is 11.4 Å². The molecule has 1 nitrogen and oxygen atoms in total. The molecule has 1 rings (SSSR count). The fourth-order valence-corrected chi connectivity index (χ4v) is 1.32. The summed E-state index contributed by atoms with van der Waals surface area (Å²) in [6, 6.07) is 4.33. The van der Waals surface area contributed by atoms with Crippen LogP contribution < -0.4 is 4.57 Å². The van der Waals surface area contributed by atoms with E-state index in [1.165, 1.54) is 17.0 Å². The number of pyridine rings is 1. The lowest BCUT2D eigenvalue weighted by molar-refractivity contribution is -0.683. The van der Waals surface area contributed by atoms with E-state index in [1.807, 2.05) is 0 Å². The molecule has 0 amide bonds. The van der Waals surface area contributed by atoms with Crippen molar-refractivity contribution in [3.63, 3.8) is 0 Å². The van der Waals surface area contributed by atoms with E-state index in [0.717, 1.165) is 5.75 Å². The SMILES string of the molecule is Cc1cc(CS)cc(C)[n+]1C. The molecular weight excluding hydrogens is 154 g/mol. The summed E-state index contributed by atoms with van der Waals surface area (Å²) in [6.45, 7) is 4.22. The normalized spacial score (nSPS) is 10.2. The Morgan fingerprint density at radius 3 is 2.09 bits per heavy atom. The maximum Gasteiger partial charge on any atom is 0.178 e. The Kier molecular flexibility index (Phi) is 2.55. The number of hydrogen-bond acceptors (Lipinski definition) is 1. The summed E-state index contributed by atoms with van der Waals surface area (Å²) in [4.78, 5) is 0. The quantitative estimate of drug-likeness (QED) is 0.479. The van der Waals surface area contributed by atoms with Gasteiger partial charge in [-0.1, -0.05) is 0 Å². The lowest BCUT2D eigenvalue weighted by Crippen LogP contribution is -2.35. The summed E-state index contributed by atoms with van der Waals surface area (Å²) in [6.07, 6.45) is 0. The van der Waals surface area contributed by atoms with Crippen LogP contribution in [0.1, 0.15) is 17.0 Å². The van der Waals surface area contributed by atoms with Gasteiger partial charge in [-0.2, -0.15) is 12.6 Å². The smallest absolute Gasteiger partial charge is 0.178 e. The second-order valence-electron chi connectivity index (χ2n) is 2.86. The molecule has 60 valence electrons. The van der Waals surface area contributed by atoms with Crippen LogP contribution in [-0.2, 0) is 12.8 Å². The lowest BCUT2D eigenvalue weighted by atomic mass is 10.2. The number of rotatable bonds is 1. The van der Waals surface area contributed by atoms with Crippen molar-refractivity contribution >= 4 is 12.6 Å². The second-order valence-corrected chi connectivity index (χ2v) is 3.18. The van der Waals surface area contributed by atoms with Gasteiger partial charge < -0.3 is 0 Å². The molecule has 0 bridgehead atoms. The molecule has 0 aliphatic heterocycles. The van der Waals surface area contributed by atoms with Crippen LogP contribution in [-0.4, -0.2) is 0 Å². The van der Waals surface area contributed by atoms with Crippen LogP contribution in [0.15, 0.2) is 12.1 Å². The van der Waals surface area contributed by atoms with Gasteiger partial charge in [-0.15, -0.1) is 0 Å². The molecule has 0 aliphatic rings. The predicted octanol–water partition coefficient (Wildman–Crippen LogP) is 1.56. The zero-order valence-corrected chi connectivity index (χ0v) is 8.15. The van der Waals surface area contributed by atoms with Crippen LogP contribution in [0.5, 0.6) is 0 Å². The van der Waals surface area contributed by atoms with Gasteiger partial charge in [0.25, 0.3) is 0 Å². The lowest BCUT2D eigenvalue weighted by Gasteiger charge is -2.00. The summed E-state index contributed by atoms with van der Waals surface area (Å²) in [5.74, 6) is 0.822. The Hall–Kier alpha value is -0.500. The van der Waals surface area contributed by atoms with Gasteiger partial charge >= 0.3 is 0 Å². The molecule has 0 fully saturated rings. The van der Waals surface area contributed by atoms with Crippen molar-refractivity contribution in [1.82, 2.24) is 0 Å². The van der Waals surface area contributed by atoms with Gasteiger partial charge in [-0.3, -0.25) is 0 Å². The van der Waals surface area contributed by atoms with E-state index in [4.69, 9.17) is 0 Å². The van der Waals surface area contributed by atoms with Crippen molar-refractivity contribution in [2.45, 2.75) is 19.6 Å². The van der Waals surface area contributed by atoms with Crippen LogP contribution in [0.3, 0.4) is 0 Å². The van der Waals surface area contributed by atoms with Crippen molar-refractivity contribution < 1.29 is 4.57 Å². The number of aryl methyl sites for hydroxylation is 2. The number of nitrogens with zero attached hydrogens (tertiary/aromatic N) is 1. The van der Waals surface area contributed by atoms with Crippen molar-refractivity contribution in [3.8, 4) is 0 Å². The zero-order valence-electron chi connectivity index (χ0n) is 7.26. The molecule has 2 heteroatoms. The molecular formula is C9H14NS+. The highest BCUT2D eigenvalue weighted by Crippen LogP contribution is 2.04. The Morgan fingerprint density at radius 1 is 1.27 bits per heavy atom. The standard InChI is InChI=1S/C9H13NS/c1-7-4-9(6-11)5-8(2)10(7)3/h4-5H,6H2,1-3H3/p+1. The van der Waals surface area contributed by atoms with Crippen LogP contribution >= 0.6 is 12.6 Å². The minimum absolute atomic E-state index is 0.822. The molecule has 11 heavy (non-hydrogen) atoms. The molecule has 0 saturated heterocycles. The average Bonchev–Trinajstić information content (AvgIpc) is 1.99. The summed E-state index contributed by atoms with van der Waals surface area (Å²) >= 11 is 4.23. The minimum atomic E-state index is 0.822. The Morgan fingerprint density at radius 2 is 1.73 bits per heavy atom. The van der Waals surface area contributed by atoms with Crippen LogP contribution in [0.4, 0.5) is 0 Å². The third kappa shape index (κ3) is 1.74.